The Morgan fingerprint density at radius 2 is 2.24 bits per heavy atom. The fourth-order valence-electron chi connectivity index (χ4n) is 0.682. The maximum atomic E-state index is 11.2. The maximum Gasteiger partial charge on any atom is 0.200 e. The lowest BCUT2D eigenvalue weighted by molar-refractivity contribution is -0.138. The highest BCUT2D eigenvalue weighted by molar-refractivity contribution is 7.09. The molecule has 0 saturated carbocycles. The first kappa shape index (κ1) is 13.2. The van der Waals surface area contributed by atoms with Gasteiger partial charge in [0, 0.05) is 11.5 Å². The van der Waals surface area contributed by atoms with E-state index < -0.39 is 5.60 Å². The average Bonchev–Trinajstić information content (AvgIpc) is 2.65. The fourth-order valence-corrected chi connectivity index (χ4v) is 1.12. The van der Waals surface area contributed by atoms with Crippen LogP contribution in [0, 0.1) is 0 Å². The summed E-state index contributed by atoms with van der Waals surface area (Å²) in [7, 11) is 0. The largest absolute Gasteiger partial charge is 0.381 e. The van der Waals surface area contributed by atoms with E-state index >= 15 is 0 Å². The molecule has 92 valence electrons. The van der Waals surface area contributed by atoms with E-state index in [0.717, 1.165) is 11.5 Å². The molecule has 1 heterocycles. The van der Waals surface area contributed by atoms with E-state index in [1.54, 1.807) is 13.8 Å². The van der Waals surface area contributed by atoms with Gasteiger partial charge in [0.25, 0.3) is 0 Å². The van der Waals surface area contributed by atoms with E-state index in [0.29, 0.717) is 6.29 Å². The number of ketones is 1. The van der Waals surface area contributed by atoms with Gasteiger partial charge in [-0.25, -0.2) is 0 Å². The summed E-state index contributed by atoms with van der Waals surface area (Å²) >= 11 is 0.942. The predicted octanol–water partition coefficient (Wildman–Crippen LogP) is 0.408. The zero-order chi connectivity index (χ0) is 13.1. The van der Waals surface area contributed by atoms with Crippen molar-refractivity contribution in [3.05, 3.63) is 5.82 Å². The van der Waals surface area contributed by atoms with Crippen molar-refractivity contribution < 1.29 is 14.4 Å². The summed E-state index contributed by atoms with van der Waals surface area (Å²) in [5, 5.41) is 3.80. The molecule has 17 heavy (non-hydrogen) atoms. The molecular weight excluding hydrogens is 244 g/mol. The number of aromatic nitrogens is 2. The van der Waals surface area contributed by atoms with Crippen molar-refractivity contribution in [3.8, 4) is 0 Å². The SMILES string of the molecule is CC(=O)C(C)(C)O/N=C(\C=O)c1nsc(N)n1. The molecule has 0 fully saturated rings. The molecule has 7 nitrogen and oxygen atoms in total. The Labute approximate surface area is 102 Å². The van der Waals surface area contributed by atoms with E-state index in [2.05, 4.69) is 14.5 Å². The van der Waals surface area contributed by atoms with Crippen LogP contribution in [0.15, 0.2) is 5.16 Å². The molecule has 1 rings (SSSR count). The molecule has 0 atom stereocenters. The lowest BCUT2D eigenvalue weighted by Crippen LogP contribution is -2.31. The summed E-state index contributed by atoms with van der Waals surface area (Å²) in [5.41, 5.74) is 4.17. The quantitative estimate of drug-likeness (QED) is 0.464. The molecule has 8 heteroatoms. The Kier molecular flexibility index (Phi) is 3.89. The Bertz CT molecular complexity index is 467. The number of nitrogens with zero attached hydrogens (tertiary/aromatic N) is 3. The molecule has 0 bridgehead atoms. The van der Waals surface area contributed by atoms with Gasteiger partial charge in [0.2, 0.25) is 0 Å². The molecule has 0 amide bonds. The van der Waals surface area contributed by atoms with Crippen LogP contribution in [0.3, 0.4) is 0 Å². The number of hydrogen-bond acceptors (Lipinski definition) is 8. The summed E-state index contributed by atoms with van der Waals surface area (Å²) in [5.74, 6) is -0.126. The number of Topliss-reactive ketones (excluding diaryl/α,β-unsaturated/α-hetero) is 1. The molecule has 0 radical (unpaired) electrons. The third kappa shape index (κ3) is 3.31. The number of carbonyl (C=O) groups is 2. The molecular formula is C9H12N4O3S. The van der Waals surface area contributed by atoms with Gasteiger partial charge < -0.3 is 10.6 Å². The summed E-state index contributed by atoms with van der Waals surface area (Å²) in [6.07, 6.45) is 0.442. The first-order chi connectivity index (χ1) is 7.86. The van der Waals surface area contributed by atoms with Crippen LogP contribution in [0.5, 0.6) is 0 Å². The van der Waals surface area contributed by atoms with Gasteiger partial charge in [0.1, 0.15) is 0 Å². The van der Waals surface area contributed by atoms with E-state index in [4.69, 9.17) is 10.6 Å². The second-order valence-corrected chi connectivity index (χ2v) is 4.49. The van der Waals surface area contributed by atoms with Crippen LogP contribution in [0.1, 0.15) is 26.6 Å². The number of rotatable bonds is 5. The highest BCUT2D eigenvalue weighted by Crippen LogP contribution is 2.12. The standard InChI is InChI=1S/C9H12N4O3S/c1-5(15)9(2,3)16-12-6(4-14)7-11-8(10)17-13-7/h4H,1-3H3,(H2,10,11,13)/b12-6+. The molecule has 0 unspecified atom stereocenters. The van der Waals surface area contributed by atoms with Crippen molar-refractivity contribution in [1.82, 2.24) is 9.36 Å². The monoisotopic (exact) mass is 256 g/mol. The van der Waals surface area contributed by atoms with E-state index in [1.165, 1.54) is 6.92 Å². The van der Waals surface area contributed by atoms with Crippen molar-refractivity contribution in [2.24, 2.45) is 5.16 Å². The molecule has 0 aliphatic rings. The van der Waals surface area contributed by atoms with Crippen LogP contribution in [-0.4, -0.2) is 32.7 Å². The van der Waals surface area contributed by atoms with Crippen LogP contribution in [0.2, 0.25) is 0 Å². The molecule has 0 spiro atoms. The lowest BCUT2D eigenvalue weighted by atomic mass is 10.1. The van der Waals surface area contributed by atoms with Gasteiger partial charge in [0.05, 0.1) is 0 Å². The average molecular weight is 256 g/mol. The molecule has 0 aliphatic carbocycles. The third-order valence-electron chi connectivity index (χ3n) is 2.00. The zero-order valence-corrected chi connectivity index (χ0v) is 10.4. The first-order valence-electron chi connectivity index (χ1n) is 4.69. The summed E-state index contributed by atoms with van der Waals surface area (Å²) in [6.45, 7) is 4.46. The first-order valence-corrected chi connectivity index (χ1v) is 5.46. The summed E-state index contributed by atoms with van der Waals surface area (Å²) in [4.78, 5) is 30.7. The predicted molar refractivity (Wildman–Crippen MR) is 62.8 cm³/mol. The van der Waals surface area contributed by atoms with Gasteiger partial charge in [0.15, 0.2) is 34.3 Å². The van der Waals surface area contributed by atoms with E-state index in [9.17, 15) is 9.59 Å². The second kappa shape index (κ2) is 5.00. The van der Waals surface area contributed by atoms with Crippen molar-refractivity contribution >= 4 is 34.4 Å². The Morgan fingerprint density at radius 3 is 2.65 bits per heavy atom. The molecule has 0 aromatic carbocycles. The van der Waals surface area contributed by atoms with Crippen LogP contribution < -0.4 is 5.73 Å². The van der Waals surface area contributed by atoms with Gasteiger partial charge >= 0.3 is 0 Å². The van der Waals surface area contributed by atoms with Crippen molar-refractivity contribution in [1.29, 1.82) is 0 Å². The lowest BCUT2D eigenvalue weighted by Gasteiger charge is -2.18. The second-order valence-electron chi connectivity index (χ2n) is 3.71. The van der Waals surface area contributed by atoms with Crippen LogP contribution in [0.4, 0.5) is 5.13 Å². The van der Waals surface area contributed by atoms with Crippen molar-refractivity contribution in [2.45, 2.75) is 26.4 Å². The van der Waals surface area contributed by atoms with Gasteiger partial charge in [-0.05, 0) is 20.8 Å². The number of nitrogen functional groups attached to an aromatic ring is 1. The Balaban J connectivity index is 2.89. The van der Waals surface area contributed by atoms with Gasteiger partial charge in [-0.15, -0.1) is 0 Å². The Morgan fingerprint density at radius 1 is 1.59 bits per heavy atom. The fraction of sp³-hybridized carbons (Fsp3) is 0.444. The smallest absolute Gasteiger partial charge is 0.200 e. The number of nitrogens with two attached hydrogens (primary N) is 1. The number of aldehydes is 1. The number of hydrogen-bond donors (Lipinski definition) is 1. The van der Waals surface area contributed by atoms with Crippen molar-refractivity contribution in [3.63, 3.8) is 0 Å². The minimum absolute atomic E-state index is 0.0850. The van der Waals surface area contributed by atoms with Gasteiger partial charge in [-0.3, -0.25) is 9.59 Å². The van der Waals surface area contributed by atoms with Crippen LogP contribution in [0.25, 0.3) is 0 Å². The highest BCUT2D eigenvalue weighted by atomic mass is 32.1. The third-order valence-corrected chi connectivity index (χ3v) is 2.55. The molecule has 0 saturated heterocycles. The minimum Gasteiger partial charge on any atom is -0.381 e. The number of anilines is 1. The summed E-state index contributed by atoms with van der Waals surface area (Å²) < 4.78 is 3.81. The molecule has 1 aromatic heterocycles. The highest BCUT2D eigenvalue weighted by Gasteiger charge is 2.26. The molecule has 1 aromatic rings. The normalized spacial score (nSPS) is 12.3. The van der Waals surface area contributed by atoms with Gasteiger partial charge in [-0.1, -0.05) is 5.16 Å². The summed E-state index contributed by atoms with van der Waals surface area (Å²) in [6, 6.07) is 0. The zero-order valence-electron chi connectivity index (χ0n) is 9.63. The molecule has 2 N–H and O–H groups in total. The Hall–Kier alpha value is -1.83. The minimum atomic E-state index is -1.10. The van der Waals surface area contributed by atoms with Gasteiger partial charge in [-0.2, -0.15) is 9.36 Å². The van der Waals surface area contributed by atoms with Crippen LogP contribution in [-0.2, 0) is 14.4 Å². The number of carbonyl (C=O) groups excluding carboxylic acids is 2. The van der Waals surface area contributed by atoms with Crippen LogP contribution >= 0.6 is 11.5 Å². The van der Waals surface area contributed by atoms with Crippen molar-refractivity contribution in [2.75, 3.05) is 5.73 Å². The molecule has 0 aliphatic heterocycles. The maximum absolute atomic E-state index is 11.2. The van der Waals surface area contributed by atoms with E-state index in [-0.39, 0.29) is 22.5 Å². The topological polar surface area (TPSA) is 108 Å². The number of oxime groups is 1. The van der Waals surface area contributed by atoms with E-state index in [1.807, 2.05) is 0 Å².